The van der Waals surface area contributed by atoms with Gasteiger partial charge in [0.15, 0.2) is 6.61 Å². The Morgan fingerprint density at radius 3 is 2.56 bits per heavy atom. The number of primary amides is 1. The lowest BCUT2D eigenvalue weighted by Gasteiger charge is -2.12. The van der Waals surface area contributed by atoms with Crippen molar-refractivity contribution in [1.82, 2.24) is 5.43 Å². The summed E-state index contributed by atoms with van der Waals surface area (Å²) >= 11 is 0. The molecule has 7 heteroatoms. The first-order valence-electron chi connectivity index (χ1n) is 7.57. The normalized spacial score (nSPS) is 10.5. The van der Waals surface area contributed by atoms with Gasteiger partial charge in [-0.15, -0.1) is 0 Å². The zero-order chi connectivity index (χ0) is 18.2. The van der Waals surface area contributed by atoms with E-state index >= 15 is 0 Å². The Balaban J connectivity index is 1.93. The third-order valence-electron chi connectivity index (χ3n) is 3.27. The molecule has 0 saturated carbocycles. The van der Waals surface area contributed by atoms with Crippen LogP contribution in [0.5, 0.6) is 5.75 Å². The molecule has 25 heavy (non-hydrogen) atoms. The van der Waals surface area contributed by atoms with Gasteiger partial charge in [0, 0.05) is 25.3 Å². The van der Waals surface area contributed by atoms with Gasteiger partial charge in [-0.05, 0) is 48.0 Å². The molecule has 0 aliphatic heterocycles. The molecule has 2 rings (SSSR count). The monoisotopic (exact) mass is 340 g/mol. The van der Waals surface area contributed by atoms with Gasteiger partial charge in [0.05, 0.1) is 6.21 Å². The molecule has 0 aromatic heterocycles. The smallest absolute Gasteiger partial charge is 0.271 e. The van der Waals surface area contributed by atoms with Crippen LogP contribution in [0.25, 0.3) is 0 Å². The number of carbonyl (C=O) groups excluding carboxylic acids is 2. The highest BCUT2D eigenvalue weighted by molar-refractivity contribution is 5.95. The molecule has 0 radical (unpaired) electrons. The van der Waals surface area contributed by atoms with Crippen LogP contribution >= 0.6 is 0 Å². The molecule has 0 spiro atoms. The molecule has 0 atom stereocenters. The zero-order valence-electron chi connectivity index (χ0n) is 14.1. The molecule has 0 saturated heterocycles. The van der Waals surface area contributed by atoms with Crippen LogP contribution in [-0.4, -0.2) is 38.7 Å². The van der Waals surface area contributed by atoms with E-state index in [9.17, 15) is 9.59 Å². The van der Waals surface area contributed by atoms with Gasteiger partial charge in [-0.3, -0.25) is 9.59 Å². The number of hydrogen-bond donors (Lipinski definition) is 2. The standard InChI is InChI=1S/C18H20N4O3/c1-22(2)15-5-3-4-14(10-15)18(24)21-20-11-13-6-8-16(9-7-13)25-12-17(19)23/h3-11H,12H2,1-2H3,(H2,19,23)(H,21,24)/b20-11+. The Morgan fingerprint density at radius 2 is 1.92 bits per heavy atom. The first-order valence-corrected chi connectivity index (χ1v) is 7.57. The quantitative estimate of drug-likeness (QED) is 0.588. The van der Waals surface area contributed by atoms with E-state index in [2.05, 4.69) is 10.5 Å². The summed E-state index contributed by atoms with van der Waals surface area (Å²) in [6, 6.07) is 14.1. The molecule has 2 aromatic carbocycles. The van der Waals surface area contributed by atoms with Crippen LogP contribution in [0.1, 0.15) is 15.9 Å². The maximum Gasteiger partial charge on any atom is 0.271 e. The van der Waals surface area contributed by atoms with Crippen molar-refractivity contribution in [2.75, 3.05) is 25.6 Å². The fourth-order valence-electron chi connectivity index (χ4n) is 1.96. The number of nitrogens with zero attached hydrogens (tertiary/aromatic N) is 2. The molecule has 0 aliphatic carbocycles. The minimum absolute atomic E-state index is 0.171. The van der Waals surface area contributed by atoms with E-state index < -0.39 is 5.91 Å². The number of benzene rings is 2. The Bertz CT molecular complexity index is 770. The highest BCUT2D eigenvalue weighted by Gasteiger charge is 2.05. The van der Waals surface area contributed by atoms with Crippen molar-refractivity contribution in [3.8, 4) is 5.75 Å². The summed E-state index contributed by atoms with van der Waals surface area (Å²) in [4.78, 5) is 24.7. The van der Waals surface area contributed by atoms with E-state index in [-0.39, 0.29) is 12.5 Å². The molecule has 2 amide bonds. The zero-order valence-corrected chi connectivity index (χ0v) is 14.1. The summed E-state index contributed by atoms with van der Waals surface area (Å²) in [5, 5.41) is 3.94. The Morgan fingerprint density at radius 1 is 1.20 bits per heavy atom. The molecule has 0 aliphatic rings. The molecule has 0 bridgehead atoms. The largest absolute Gasteiger partial charge is 0.484 e. The van der Waals surface area contributed by atoms with Crippen LogP contribution in [-0.2, 0) is 4.79 Å². The molecule has 130 valence electrons. The van der Waals surface area contributed by atoms with Crippen LogP contribution in [0, 0.1) is 0 Å². The van der Waals surface area contributed by atoms with Crippen molar-refractivity contribution < 1.29 is 14.3 Å². The number of hydrogen-bond acceptors (Lipinski definition) is 5. The summed E-state index contributed by atoms with van der Waals surface area (Å²) in [6.07, 6.45) is 1.52. The van der Waals surface area contributed by atoms with E-state index in [1.807, 2.05) is 31.1 Å². The number of hydrazone groups is 1. The maximum absolute atomic E-state index is 12.1. The number of anilines is 1. The van der Waals surface area contributed by atoms with Crippen LogP contribution in [0.4, 0.5) is 5.69 Å². The minimum Gasteiger partial charge on any atom is -0.484 e. The highest BCUT2D eigenvalue weighted by atomic mass is 16.5. The fraction of sp³-hybridized carbons (Fsp3) is 0.167. The van der Waals surface area contributed by atoms with E-state index in [0.29, 0.717) is 11.3 Å². The predicted octanol–water partition coefficient (Wildman–Crippen LogP) is 1.38. The first kappa shape index (κ1) is 18.0. The van der Waals surface area contributed by atoms with Gasteiger partial charge in [-0.1, -0.05) is 6.07 Å². The van der Waals surface area contributed by atoms with Crippen molar-refractivity contribution in [1.29, 1.82) is 0 Å². The van der Waals surface area contributed by atoms with Gasteiger partial charge in [-0.25, -0.2) is 5.43 Å². The van der Waals surface area contributed by atoms with Gasteiger partial charge >= 0.3 is 0 Å². The fourth-order valence-corrected chi connectivity index (χ4v) is 1.96. The summed E-state index contributed by atoms with van der Waals surface area (Å²) < 4.78 is 5.16. The third kappa shape index (κ3) is 5.65. The van der Waals surface area contributed by atoms with Crippen LogP contribution in [0.2, 0.25) is 0 Å². The van der Waals surface area contributed by atoms with Gasteiger partial charge < -0.3 is 15.4 Å². The van der Waals surface area contributed by atoms with Gasteiger partial charge in [0.2, 0.25) is 0 Å². The molecule has 3 N–H and O–H groups in total. The third-order valence-corrected chi connectivity index (χ3v) is 3.27. The number of ether oxygens (including phenoxy) is 1. The minimum atomic E-state index is -0.535. The second-order valence-corrected chi connectivity index (χ2v) is 5.47. The number of amides is 2. The van der Waals surface area contributed by atoms with Crippen molar-refractivity contribution in [3.63, 3.8) is 0 Å². The van der Waals surface area contributed by atoms with Crippen molar-refractivity contribution in [2.24, 2.45) is 10.8 Å². The van der Waals surface area contributed by atoms with Crippen LogP contribution in [0.3, 0.4) is 0 Å². The van der Waals surface area contributed by atoms with Crippen LogP contribution < -0.4 is 20.8 Å². The van der Waals surface area contributed by atoms with Gasteiger partial charge in [0.25, 0.3) is 11.8 Å². The highest BCUT2D eigenvalue weighted by Crippen LogP contribution is 2.13. The van der Waals surface area contributed by atoms with Gasteiger partial charge in [-0.2, -0.15) is 5.10 Å². The average molecular weight is 340 g/mol. The van der Waals surface area contributed by atoms with Gasteiger partial charge in [0.1, 0.15) is 5.75 Å². The Kier molecular flexibility index (Phi) is 6.11. The Hall–Kier alpha value is -3.35. The SMILES string of the molecule is CN(C)c1cccc(C(=O)N/N=C/c2ccc(OCC(N)=O)cc2)c1. The predicted molar refractivity (Wildman–Crippen MR) is 97.0 cm³/mol. The van der Waals surface area contributed by atoms with E-state index in [1.165, 1.54) is 6.21 Å². The van der Waals surface area contributed by atoms with E-state index in [0.717, 1.165) is 11.3 Å². The molecule has 2 aromatic rings. The lowest BCUT2D eigenvalue weighted by atomic mass is 10.2. The topological polar surface area (TPSA) is 97.0 Å². The average Bonchev–Trinajstić information content (AvgIpc) is 2.61. The van der Waals surface area contributed by atoms with Crippen molar-refractivity contribution in [3.05, 3.63) is 59.7 Å². The van der Waals surface area contributed by atoms with Crippen molar-refractivity contribution in [2.45, 2.75) is 0 Å². The number of nitrogens with two attached hydrogens (primary N) is 1. The maximum atomic E-state index is 12.1. The lowest BCUT2D eigenvalue weighted by molar-refractivity contribution is -0.119. The molecule has 0 fully saturated rings. The summed E-state index contributed by atoms with van der Waals surface area (Å²) in [5.74, 6) is -0.298. The lowest BCUT2D eigenvalue weighted by Crippen LogP contribution is -2.20. The van der Waals surface area contributed by atoms with E-state index in [4.69, 9.17) is 10.5 Å². The second-order valence-electron chi connectivity index (χ2n) is 5.47. The summed E-state index contributed by atoms with van der Waals surface area (Å²) in [5.41, 5.74) is 9.73. The Labute approximate surface area is 146 Å². The molecule has 0 unspecified atom stereocenters. The van der Waals surface area contributed by atoms with Crippen molar-refractivity contribution >= 4 is 23.7 Å². The molecule has 7 nitrogen and oxygen atoms in total. The molecule has 0 heterocycles. The molecular formula is C18H20N4O3. The number of carbonyl (C=O) groups is 2. The van der Waals surface area contributed by atoms with E-state index in [1.54, 1.807) is 36.4 Å². The summed E-state index contributed by atoms with van der Waals surface area (Å²) in [6.45, 7) is -0.171. The van der Waals surface area contributed by atoms with Crippen LogP contribution in [0.15, 0.2) is 53.6 Å². The first-order chi connectivity index (χ1) is 12.0. The second kappa shape index (κ2) is 8.49. The summed E-state index contributed by atoms with van der Waals surface area (Å²) in [7, 11) is 3.82. The number of rotatable bonds is 7. The number of nitrogens with one attached hydrogen (secondary N) is 1. The molecular weight excluding hydrogens is 320 g/mol.